The van der Waals surface area contributed by atoms with E-state index in [4.69, 9.17) is 16.2 Å². The quantitative estimate of drug-likeness (QED) is 0.730. The molecule has 1 rings (SSSR count). The minimum atomic E-state index is -0.756. The number of ether oxygens (including phenoxy) is 1. The van der Waals surface area contributed by atoms with Crippen LogP contribution in [0.25, 0.3) is 0 Å². The molecule has 0 saturated heterocycles. The molecule has 6 nitrogen and oxygen atoms in total. The number of carbonyl (C=O) groups is 2. The van der Waals surface area contributed by atoms with Crippen molar-refractivity contribution in [3.05, 3.63) is 29.3 Å². The zero-order valence-corrected chi connectivity index (χ0v) is 11.6. The van der Waals surface area contributed by atoms with Crippen LogP contribution in [0.3, 0.4) is 0 Å². The summed E-state index contributed by atoms with van der Waals surface area (Å²) in [6, 6.07) is 4.15. The maximum Gasteiger partial charge on any atom is 0.249 e. The molecule has 0 saturated carbocycles. The second-order valence-corrected chi connectivity index (χ2v) is 3.95. The number of primary amides is 1. The summed E-state index contributed by atoms with van der Waals surface area (Å²) >= 11 is 0. The Hall–Kier alpha value is -1.63. The zero-order valence-electron chi connectivity index (χ0n) is 10.8. The number of hydrogen-bond donors (Lipinski definition) is 3. The monoisotopic (exact) mass is 287 g/mol. The average molecular weight is 288 g/mol. The number of anilines is 1. The lowest BCUT2D eigenvalue weighted by Gasteiger charge is -2.12. The molecule has 1 unspecified atom stereocenters. The van der Waals surface area contributed by atoms with E-state index in [2.05, 4.69) is 5.32 Å². The van der Waals surface area contributed by atoms with Gasteiger partial charge in [-0.05, 0) is 24.6 Å². The highest BCUT2D eigenvalue weighted by Gasteiger charge is 2.14. The predicted octanol–water partition coefficient (Wildman–Crippen LogP) is 0.428. The van der Waals surface area contributed by atoms with E-state index in [0.29, 0.717) is 11.3 Å². The van der Waals surface area contributed by atoms with Gasteiger partial charge in [0.1, 0.15) is 6.04 Å². The number of nitrogens with two attached hydrogens (primary N) is 2. The molecule has 0 aliphatic carbocycles. The molecule has 1 aromatic rings. The van der Waals surface area contributed by atoms with Crippen LogP contribution < -0.4 is 16.8 Å². The third-order valence-corrected chi connectivity index (χ3v) is 2.45. The summed E-state index contributed by atoms with van der Waals surface area (Å²) in [6.07, 6.45) is 0. The molecule has 0 radical (unpaired) electrons. The van der Waals surface area contributed by atoms with E-state index in [0.717, 1.165) is 5.56 Å². The van der Waals surface area contributed by atoms with Crippen molar-refractivity contribution in [2.45, 2.75) is 13.0 Å². The Bertz CT molecular complexity index is 466. The van der Waals surface area contributed by atoms with Crippen molar-refractivity contribution in [2.75, 3.05) is 19.0 Å². The van der Waals surface area contributed by atoms with Gasteiger partial charge in [0.05, 0.1) is 6.61 Å². The number of rotatable bonds is 5. The molecule has 5 N–H and O–H groups in total. The number of carbonyl (C=O) groups excluding carboxylic acids is 2. The first-order valence-corrected chi connectivity index (χ1v) is 5.41. The molecule has 0 spiro atoms. The summed E-state index contributed by atoms with van der Waals surface area (Å²) in [5.74, 6) is -0.916. The molecule has 0 aliphatic rings. The van der Waals surface area contributed by atoms with Gasteiger partial charge in [0.25, 0.3) is 0 Å². The van der Waals surface area contributed by atoms with Crippen LogP contribution in [-0.4, -0.2) is 31.6 Å². The summed E-state index contributed by atoms with van der Waals surface area (Å²) in [4.78, 5) is 22.8. The lowest BCUT2D eigenvalue weighted by atomic mass is 10.1. The van der Waals surface area contributed by atoms with Crippen molar-refractivity contribution >= 4 is 29.9 Å². The third-order valence-electron chi connectivity index (χ3n) is 2.45. The SMILES string of the molecule is COCC(N)C(=O)Nc1ccc(C)c(C(N)=O)c1.Cl. The number of benzene rings is 1. The Morgan fingerprint density at radius 2 is 2.05 bits per heavy atom. The first kappa shape index (κ1) is 17.4. The first-order valence-electron chi connectivity index (χ1n) is 5.41. The molecule has 0 heterocycles. The van der Waals surface area contributed by atoms with Gasteiger partial charge in [0, 0.05) is 18.4 Å². The number of hydrogen-bond acceptors (Lipinski definition) is 4. The van der Waals surface area contributed by atoms with Crippen molar-refractivity contribution in [2.24, 2.45) is 11.5 Å². The van der Waals surface area contributed by atoms with Crippen LogP contribution in [0.2, 0.25) is 0 Å². The Balaban J connectivity index is 0.00000324. The smallest absolute Gasteiger partial charge is 0.249 e. The highest BCUT2D eigenvalue weighted by atomic mass is 35.5. The zero-order chi connectivity index (χ0) is 13.7. The van der Waals surface area contributed by atoms with Crippen LogP contribution in [0.1, 0.15) is 15.9 Å². The lowest BCUT2D eigenvalue weighted by molar-refractivity contribution is -0.118. The highest BCUT2D eigenvalue weighted by molar-refractivity contribution is 5.98. The summed E-state index contributed by atoms with van der Waals surface area (Å²) in [6.45, 7) is 1.89. The van der Waals surface area contributed by atoms with Crippen LogP contribution in [0.5, 0.6) is 0 Å². The van der Waals surface area contributed by atoms with Crippen molar-refractivity contribution in [1.29, 1.82) is 0 Å². The second-order valence-electron chi connectivity index (χ2n) is 3.95. The van der Waals surface area contributed by atoms with E-state index in [1.54, 1.807) is 19.1 Å². The van der Waals surface area contributed by atoms with Crippen LogP contribution in [-0.2, 0) is 9.53 Å². The van der Waals surface area contributed by atoms with E-state index < -0.39 is 11.9 Å². The molecule has 19 heavy (non-hydrogen) atoms. The molecule has 0 aliphatic heterocycles. The highest BCUT2D eigenvalue weighted by Crippen LogP contribution is 2.15. The molecule has 0 aromatic heterocycles. The van der Waals surface area contributed by atoms with Gasteiger partial charge >= 0.3 is 0 Å². The van der Waals surface area contributed by atoms with Crippen molar-refractivity contribution in [1.82, 2.24) is 0 Å². The predicted molar refractivity (Wildman–Crippen MR) is 75.4 cm³/mol. The van der Waals surface area contributed by atoms with Crippen molar-refractivity contribution < 1.29 is 14.3 Å². The van der Waals surface area contributed by atoms with Gasteiger partial charge in [-0.2, -0.15) is 0 Å². The largest absolute Gasteiger partial charge is 0.383 e. The third kappa shape index (κ3) is 4.86. The first-order chi connectivity index (χ1) is 8.45. The molecule has 1 atom stereocenters. The normalized spacial score (nSPS) is 11.3. The molecule has 2 amide bonds. The van der Waals surface area contributed by atoms with Crippen LogP contribution >= 0.6 is 12.4 Å². The number of methoxy groups -OCH3 is 1. The molecular weight excluding hydrogens is 270 g/mol. The number of aryl methyl sites for hydroxylation is 1. The van der Waals surface area contributed by atoms with Gasteiger partial charge < -0.3 is 21.5 Å². The van der Waals surface area contributed by atoms with Gasteiger partial charge in [-0.3, -0.25) is 9.59 Å². The fraction of sp³-hybridized carbons (Fsp3) is 0.333. The topological polar surface area (TPSA) is 107 Å². The van der Waals surface area contributed by atoms with Crippen LogP contribution in [0, 0.1) is 6.92 Å². The summed E-state index contributed by atoms with van der Waals surface area (Å²) < 4.78 is 4.78. The lowest BCUT2D eigenvalue weighted by Crippen LogP contribution is -2.39. The molecular formula is C12H18ClN3O3. The number of amides is 2. The summed E-state index contributed by atoms with van der Waals surface area (Å²) in [5, 5.41) is 2.60. The van der Waals surface area contributed by atoms with Gasteiger partial charge in [-0.15, -0.1) is 12.4 Å². The van der Waals surface area contributed by atoms with Crippen LogP contribution in [0.4, 0.5) is 5.69 Å². The summed E-state index contributed by atoms with van der Waals surface area (Å²) in [5.41, 5.74) is 12.4. The van der Waals surface area contributed by atoms with E-state index >= 15 is 0 Å². The Morgan fingerprint density at radius 1 is 1.42 bits per heavy atom. The fourth-order valence-corrected chi connectivity index (χ4v) is 1.46. The van der Waals surface area contributed by atoms with Crippen molar-refractivity contribution in [3.63, 3.8) is 0 Å². The molecule has 7 heteroatoms. The van der Waals surface area contributed by atoms with Gasteiger partial charge in [0.2, 0.25) is 11.8 Å². The molecule has 0 fully saturated rings. The van der Waals surface area contributed by atoms with Gasteiger partial charge in [0.15, 0.2) is 0 Å². The van der Waals surface area contributed by atoms with Crippen LogP contribution in [0.15, 0.2) is 18.2 Å². The van der Waals surface area contributed by atoms with Gasteiger partial charge in [-0.25, -0.2) is 0 Å². The average Bonchev–Trinajstić information content (AvgIpc) is 2.31. The Kier molecular flexibility index (Phi) is 7.06. The minimum absolute atomic E-state index is 0. The van der Waals surface area contributed by atoms with Crippen molar-refractivity contribution in [3.8, 4) is 0 Å². The maximum absolute atomic E-state index is 11.6. The Morgan fingerprint density at radius 3 is 2.58 bits per heavy atom. The molecule has 106 valence electrons. The number of nitrogens with one attached hydrogen (secondary N) is 1. The minimum Gasteiger partial charge on any atom is -0.383 e. The number of halogens is 1. The maximum atomic E-state index is 11.6. The van der Waals surface area contributed by atoms with E-state index in [9.17, 15) is 9.59 Å². The fourth-order valence-electron chi connectivity index (χ4n) is 1.46. The standard InChI is InChI=1S/C12H17N3O3.ClH/c1-7-3-4-8(5-9(7)11(14)16)15-12(17)10(13)6-18-2;/h3-5,10H,6,13H2,1-2H3,(H2,14,16)(H,15,17);1H. The molecule has 1 aromatic carbocycles. The van der Waals surface area contributed by atoms with E-state index in [1.807, 2.05) is 0 Å². The van der Waals surface area contributed by atoms with E-state index in [-0.39, 0.29) is 24.9 Å². The second kappa shape index (κ2) is 7.73. The summed E-state index contributed by atoms with van der Waals surface area (Å²) in [7, 11) is 1.46. The Labute approximate surface area is 117 Å². The van der Waals surface area contributed by atoms with E-state index in [1.165, 1.54) is 13.2 Å². The van der Waals surface area contributed by atoms with Gasteiger partial charge in [-0.1, -0.05) is 6.07 Å². The molecule has 0 bridgehead atoms.